The fourth-order valence-electron chi connectivity index (χ4n) is 6.16. The third-order valence-corrected chi connectivity index (χ3v) is 9.46. The van der Waals surface area contributed by atoms with Crippen LogP contribution in [0.2, 0.25) is 1.41 Å². The van der Waals surface area contributed by atoms with E-state index in [1.807, 2.05) is 105 Å². The predicted octanol–water partition coefficient (Wildman–Crippen LogP) is 5.66. The maximum Gasteiger partial charge on any atom is 0.408 e. The number of H-pyrrole nitrogens is 1. The van der Waals surface area contributed by atoms with Gasteiger partial charge in [0, 0.05) is 49.0 Å². The molecule has 0 aliphatic carbocycles. The van der Waals surface area contributed by atoms with E-state index in [9.17, 15) is 19.2 Å². The molecule has 0 saturated heterocycles. The van der Waals surface area contributed by atoms with Crippen LogP contribution in [-0.4, -0.2) is 57.2 Å². The van der Waals surface area contributed by atoms with Crippen molar-refractivity contribution in [3.63, 3.8) is 0 Å². The van der Waals surface area contributed by atoms with E-state index in [1.165, 1.54) is 6.33 Å². The molecule has 0 fully saturated rings. The third kappa shape index (κ3) is 12.2. The van der Waals surface area contributed by atoms with Crippen molar-refractivity contribution in [2.75, 3.05) is 0 Å². The Bertz CT molecular complexity index is 1990. The summed E-state index contributed by atoms with van der Waals surface area (Å²) in [5, 5.41) is 10.6. The number of imidazole rings is 1. The number of hydrogen-bond donors (Lipinski definition) is 6. The van der Waals surface area contributed by atoms with Gasteiger partial charge in [0.25, 0.3) is 0 Å². The minimum absolute atomic E-state index is 0.0255. The van der Waals surface area contributed by atoms with Gasteiger partial charge in [-0.25, -0.2) is 9.78 Å². The number of benzene rings is 4. The van der Waals surface area contributed by atoms with Crippen molar-refractivity contribution in [2.45, 2.75) is 76.1 Å². The molecule has 282 valence electrons. The number of thiol groups is 1. The van der Waals surface area contributed by atoms with E-state index in [0.29, 0.717) is 24.0 Å². The number of ether oxygens (including phenoxy) is 1. The third-order valence-electron chi connectivity index (χ3n) is 8.92. The molecule has 4 amide bonds. The first-order valence-electron chi connectivity index (χ1n) is 18.5. The van der Waals surface area contributed by atoms with Crippen molar-refractivity contribution in [3.05, 3.63) is 138 Å². The van der Waals surface area contributed by atoms with Gasteiger partial charge in [0.1, 0.15) is 18.7 Å². The number of aromatic nitrogens is 2. The fraction of sp³-hybridized carbons (Fsp3) is 0.310. The molecule has 5 N–H and O–H groups in total. The van der Waals surface area contributed by atoms with Gasteiger partial charge in [0.05, 0.1) is 6.33 Å². The van der Waals surface area contributed by atoms with Gasteiger partial charge in [-0.1, -0.05) is 117 Å². The lowest BCUT2D eigenvalue weighted by Gasteiger charge is -2.29. The summed E-state index contributed by atoms with van der Waals surface area (Å²) < 4.78 is 14.3. The van der Waals surface area contributed by atoms with Gasteiger partial charge in [-0.15, -0.1) is 0 Å². The molecule has 5 rings (SSSR count). The first-order valence-corrected chi connectivity index (χ1v) is 18.6. The quantitative estimate of drug-likeness (QED) is 0.0636. The molecule has 1 aromatic heterocycles. The highest BCUT2D eigenvalue weighted by Crippen LogP contribution is 2.21. The minimum Gasteiger partial charge on any atom is -0.445 e. The number of nitrogens with zero attached hydrogens (tertiary/aromatic N) is 1. The Labute approximate surface area is 322 Å². The first kappa shape index (κ1) is 38.1. The molecule has 4 atom stereocenters. The molecular weight excluding hydrogens is 701 g/mol. The van der Waals surface area contributed by atoms with Crippen molar-refractivity contribution in [1.82, 2.24) is 31.2 Å². The normalized spacial score (nSPS) is 13.6. The summed E-state index contributed by atoms with van der Waals surface area (Å²) in [6, 6.07) is 28.9. The molecule has 5 aromatic rings. The molecule has 0 unspecified atom stereocenters. The Morgan fingerprint density at radius 3 is 2.19 bits per heavy atom. The van der Waals surface area contributed by atoms with Crippen LogP contribution in [0.3, 0.4) is 0 Å². The zero-order chi connectivity index (χ0) is 39.2. The standard InChI is InChI=1S/C42H48N6O5S/c1-28(2)20-35(38(54)23-39(49)44-24-29-12-5-3-6-13-29)46-41(51)37(22-33-25-43-27-45-33)47-40(50)36(48-42(52)53-26-30-14-7-4-8-15-30)21-32-18-11-17-31-16-9-10-19-34(31)32/h3-19,25,27-28,35-38,54H,20-24,26H2,1-2H3,(H,43,45)(H,44,49)(H,46,51)(H,47,50)(H,48,52)/t35-,36-,37-,38-/m0/s1/i/hD. The van der Waals surface area contributed by atoms with Crippen molar-refractivity contribution >= 4 is 47.2 Å². The van der Waals surface area contributed by atoms with Crippen molar-refractivity contribution in [3.8, 4) is 0 Å². The zero-order valence-corrected chi connectivity index (χ0v) is 31.4. The van der Waals surface area contributed by atoms with Gasteiger partial charge in [0.15, 0.2) is 1.41 Å². The van der Waals surface area contributed by atoms with Crippen molar-refractivity contribution in [1.29, 1.82) is 0 Å². The van der Waals surface area contributed by atoms with E-state index in [2.05, 4.69) is 25.9 Å². The molecule has 0 aliphatic rings. The maximum absolute atomic E-state index is 14.3. The smallest absolute Gasteiger partial charge is 0.408 e. The molecule has 54 heavy (non-hydrogen) atoms. The lowest BCUT2D eigenvalue weighted by atomic mass is 9.97. The molecule has 0 aliphatic heterocycles. The number of aromatic amines is 1. The van der Waals surface area contributed by atoms with E-state index in [1.54, 1.807) is 18.3 Å². The van der Waals surface area contributed by atoms with E-state index in [-0.39, 0.29) is 37.7 Å². The minimum atomic E-state index is -1.37. The molecule has 0 bridgehead atoms. The van der Waals surface area contributed by atoms with Crippen LogP contribution in [0.5, 0.6) is 0 Å². The van der Waals surface area contributed by atoms with Crippen molar-refractivity contribution < 1.29 is 25.3 Å². The Morgan fingerprint density at radius 2 is 1.48 bits per heavy atom. The van der Waals surface area contributed by atoms with Crippen LogP contribution in [-0.2, 0) is 45.1 Å². The first-order chi connectivity index (χ1) is 26.6. The number of carbonyl (C=O) groups excluding carboxylic acids is 4. The Morgan fingerprint density at radius 1 is 0.815 bits per heavy atom. The van der Waals surface area contributed by atoms with Crippen LogP contribution < -0.4 is 21.3 Å². The van der Waals surface area contributed by atoms with Crippen molar-refractivity contribution in [2.24, 2.45) is 5.92 Å². The molecule has 11 nitrogen and oxygen atoms in total. The largest absolute Gasteiger partial charge is 0.445 e. The summed E-state index contributed by atoms with van der Waals surface area (Å²) in [6.07, 6.45) is 2.61. The van der Waals surface area contributed by atoms with Crippen LogP contribution in [0, 0.1) is 5.92 Å². The summed E-state index contributed by atoms with van der Waals surface area (Å²) in [4.78, 5) is 61.8. The zero-order valence-electron chi connectivity index (χ0n) is 31.5. The number of hydrogen-bond acceptors (Lipinski definition) is 7. The Hall–Kier alpha value is -5.62. The Kier molecular flexibility index (Phi) is 14.1. The van der Waals surface area contributed by atoms with Gasteiger partial charge in [-0.05, 0) is 39.8 Å². The average Bonchev–Trinajstić information content (AvgIpc) is 3.71. The van der Waals surface area contributed by atoms with Crippen LogP contribution in [0.1, 0.15) is 49.1 Å². The van der Waals surface area contributed by atoms with Crippen LogP contribution in [0.15, 0.2) is 116 Å². The summed E-state index contributed by atoms with van der Waals surface area (Å²) in [6.45, 7) is 4.30. The van der Waals surface area contributed by atoms with E-state index < -0.39 is 41.3 Å². The number of alkyl carbamates (subject to hydrolysis) is 1. The number of nitrogens with one attached hydrogen (secondary N) is 5. The monoisotopic (exact) mass is 749 g/mol. The number of amides is 4. The van der Waals surface area contributed by atoms with E-state index >= 15 is 0 Å². The molecule has 1 heterocycles. The summed E-state index contributed by atoms with van der Waals surface area (Å²) in [7, 11) is 0. The van der Waals surface area contributed by atoms with Gasteiger partial charge in [-0.3, -0.25) is 14.4 Å². The summed E-state index contributed by atoms with van der Waals surface area (Å²) >= 11 is 4.77. The van der Waals surface area contributed by atoms with Crippen LogP contribution in [0.4, 0.5) is 4.79 Å². The molecule has 4 aromatic carbocycles. The molecule has 0 spiro atoms. The summed E-state index contributed by atoms with van der Waals surface area (Å²) in [5.74, 6) is -1.29. The lowest BCUT2D eigenvalue weighted by Crippen LogP contribution is -2.57. The molecule has 0 saturated carbocycles. The number of carbonyl (C=O) groups is 4. The van der Waals surface area contributed by atoms with E-state index in [4.69, 9.17) is 18.8 Å². The van der Waals surface area contributed by atoms with Crippen LogP contribution in [0.25, 0.3) is 10.8 Å². The number of rotatable bonds is 18. The molecule has 0 radical (unpaired) electrons. The fourth-order valence-corrected chi connectivity index (χ4v) is 6.52. The molecule has 12 heteroatoms. The second-order valence-corrected chi connectivity index (χ2v) is 14.3. The number of fused-ring (bicyclic) bond motifs is 1. The topological polar surface area (TPSA) is 154 Å². The lowest BCUT2D eigenvalue weighted by molar-refractivity contribution is -0.130. The summed E-state index contributed by atoms with van der Waals surface area (Å²) in [5.41, 5.74) is 3.01. The van der Waals surface area contributed by atoms with E-state index in [0.717, 1.165) is 27.5 Å². The van der Waals surface area contributed by atoms with Crippen LogP contribution >= 0.6 is 12.6 Å². The SMILES string of the molecule is [2H]N(C(=O)OCc1ccccc1)[C@@H](Cc1cccc2ccccc12)C(=O)N[C@@H](Cc1cnc[nH]1)C(=O)N[C@@H](CC(C)C)[C@@H](S)CC(=O)NCc1ccccc1. The van der Waals surface area contributed by atoms with Gasteiger partial charge in [0.2, 0.25) is 17.7 Å². The Balaban J connectivity index is 1.35. The van der Waals surface area contributed by atoms with Gasteiger partial charge < -0.3 is 31.0 Å². The predicted molar refractivity (Wildman–Crippen MR) is 212 cm³/mol. The molecular formula is C42H48N6O5S. The maximum atomic E-state index is 14.3. The second kappa shape index (κ2) is 20.0. The highest BCUT2D eigenvalue weighted by Gasteiger charge is 2.31. The van der Waals surface area contributed by atoms with Gasteiger partial charge in [-0.2, -0.15) is 12.6 Å². The average molecular weight is 750 g/mol. The van der Waals surface area contributed by atoms with Gasteiger partial charge >= 0.3 is 6.09 Å². The highest BCUT2D eigenvalue weighted by atomic mass is 32.1. The second-order valence-electron chi connectivity index (χ2n) is 13.6. The highest BCUT2D eigenvalue weighted by molar-refractivity contribution is 7.81.